The number of nitrogens with one attached hydrogen (secondary N) is 1. The van der Waals surface area contributed by atoms with E-state index in [4.69, 9.17) is 0 Å². The maximum atomic E-state index is 13.7. The summed E-state index contributed by atoms with van der Waals surface area (Å²) in [5.74, 6) is -0.472. The number of carbonyl (C=O) groups is 2. The third kappa shape index (κ3) is 4.32. The predicted octanol–water partition coefficient (Wildman–Crippen LogP) is 2.85. The maximum absolute atomic E-state index is 13.7. The van der Waals surface area contributed by atoms with E-state index in [2.05, 4.69) is 5.32 Å². The second-order valence-electron chi connectivity index (χ2n) is 7.76. The molecule has 2 aromatic carbocycles. The minimum absolute atomic E-state index is 0.0231. The van der Waals surface area contributed by atoms with E-state index in [1.807, 2.05) is 41.3 Å². The number of likely N-dealkylation sites (tertiary alicyclic amines) is 1. The van der Waals surface area contributed by atoms with E-state index in [0.29, 0.717) is 31.7 Å². The molecular weight excluding hydrogens is 369 g/mol. The van der Waals surface area contributed by atoms with Gasteiger partial charge in [-0.1, -0.05) is 30.3 Å². The first-order valence-corrected chi connectivity index (χ1v) is 10.2. The summed E-state index contributed by atoms with van der Waals surface area (Å²) in [6, 6.07) is 15.5. The van der Waals surface area contributed by atoms with Crippen LogP contribution < -0.4 is 5.32 Å². The van der Waals surface area contributed by atoms with Crippen molar-refractivity contribution in [3.63, 3.8) is 0 Å². The van der Waals surface area contributed by atoms with Gasteiger partial charge in [-0.2, -0.15) is 0 Å². The Morgan fingerprint density at radius 1 is 1.03 bits per heavy atom. The summed E-state index contributed by atoms with van der Waals surface area (Å²) < 4.78 is 13.7. The van der Waals surface area contributed by atoms with Crippen LogP contribution in [0.25, 0.3) is 0 Å². The first-order chi connectivity index (χ1) is 14.1. The molecule has 0 spiro atoms. The van der Waals surface area contributed by atoms with Gasteiger partial charge in [-0.3, -0.25) is 9.59 Å². The molecule has 2 unspecified atom stereocenters. The van der Waals surface area contributed by atoms with E-state index < -0.39 is 0 Å². The van der Waals surface area contributed by atoms with Gasteiger partial charge in [-0.15, -0.1) is 0 Å². The molecule has 29 heavy (non-hydrogen) atoms. The molecule has 2 aliphatic heterocycles. The second kappa shape index (κ2) is 8.74. The molecule has 0 aliphatic carbocycles. The molecule has 2 fully saturated rings. The van der Waals surface area contributed by atoms with Crippen molar-refractivity contribution in [2.45, 2.75) is 18.9 Å². The number of piperazine rings is 1. The summed E-state index contributed by atoms with van der Waals surface area (Å²) in [6.07, 6.45) is 1.59. The van der Waals surface area contributed by atoms with E-state index in [-0.39, 0.29) is 29.6 Å². The molecule has 0 aromatic heterocycles. The lowest BCUT2D eigenvalue weighted by Crippen LogP contribution is -2.53. The van der Waals surface area contributed by atoms with Gasteiger partial charge < -0.3 is 15.1 Å². The number of nitrogens with zero attached hydrogens (tertiary/aromatic N) is 2. The van der Waals surface area contributed by atoms with Gasteiger partial charge >= 0.3 is 0 Å². The van der Waals surface area contributed by atoms with E-state index in [0.717, 1.165) is 24.9 Å². The highest BCUT2D eigenvalue weighted by atomic mass is 19.1. The Morgan fingerprint density at radius 2 is 1.86 bits per heavy atom. The third-order valence-electron chi connectivity index (χ3n) is 5.84. The molecular formula is C23H26FN3O2. The first kappa shape index (κ1) is 19.6. The Morgan fingerprint density at radius 3 is 2.66 bits per heavy atom. The normalized spacial score (nSPS) is 22.4. The molecule has 152 valence electrons. The van der Waals surface area contributed by atoms with Crippen LogP contribution in [0.4, 0.5) is 4.39 Å². The number of carbonyl (C=O) groups excluding carboxylic acids is 2. The fourth-order valence-corrected chi connectivity index (χ4v) is 4.34. The van der Waals surface area contributed by atoms with Crippen LogP contribution in [0.1, 0.15) is 34.8 Å². The lowest BCUT2D eigenvalue weighted by atomic mass is 9.93. The highest BCUT2D eigenvalue weighted by Gasteiger charge is 2.35. The minimum atomic E-state index is -0.294. The Balaban J connectivity index is 1.49. The lowest BCUT2D eigenvalue weighted by Gasteiger charge is -2.41. The molecule has 2 heterocycles. The van der Waals surface area contributed by atoms with Gasteiger partial charge in [0.15, 0.2) is 0 Å². The van der Waals surface area contributed by atoms with Gasteiger partial charge in [0.1, 0.15) is 5.82 Å². The highest BCUT2D eigenvalue weighted by Crippen LogP contribution is 2.28. The smallest absolute Gasteiger partial charge is 0.253 e. The lowest BCUT2D eigenvalue weighted by molar-refractivity contribution is -0.140. The molecule has 4 rings (SSSR count). The monoisotopic (exact) mass is 395 g/mol. The van der Waals surface area contributed by atoms with Gasteiger partial charge in [0.2, 0.25) is 5.91 Å². The Labute approximate surface area is 170 Å². The van der Waals surface area contributed by atoms with Crippen LogP contribution in [-0.4, -0.2) is 54.3 Å². The van der Waals surface area contributed by atoms with Gasteiger partial charge in [-0.05, 0) is 42.7 Å². The van der Waals surface area contributed by atoms with Crippen LogP contribution in [0.2, 0.25) is 0 Å². The summed E-state index contributed by atoms with van der Waals surface area (Å²) >= 11 is 0. The number of hydrogen-bond acceptors (Lipinski definition) is 3. The van der Waals surface area contributed by atoms with Crippen LogP contribution in [-0.2, 0) is 4.79 Å². The van der Waals surface area contributed by atoms with Crippen molar-refractivity contribution in [1.82, 2.24) is 15.1 Å². The molecule has 0 bridgehead atoms. The molecule has 2 saturated heterocycles. The molecule has 0 radical (unpaired) electrons. The van der Waals surface area contributed by atoms with Crippen molar-refractivity contribution in [3.05, 3.63) is 71.5 Å². The van der Waals surface area contributed by atoms with E-state index in [9.17, 15) is 14.0 Å². The summed E-state index contributed by atoms with van der Waals surface area (Å²) in [5, 5.41) is 3.31. The highest BCUT2D eigenvalue weighted by molar-refractivity contribution is 5.94. The number of amides is 2. The molecule has 0 saturated carbocycles. The van der Waals surface area contributed by atoms with Crippen molar-refractivity contribution < 1.29 is 14.0 Å². The molecule has 2 aromatic rings. The second-order valence-corrected chi connectivity index (χ2v) is 7.76. The summed E-state index contributed by atoms with van der Waals surface area (Å²) in [7, 11) is 0. The van der Waals surface area contributed by atoms with Gasteiger partial charge in [-0.25, -0.2) is 4.39 Å². The fraction of sp³-hybridized carbons (Fsp3) is 0.391. The maximum Gasteiger partial charge on any atom is 0.253 e. The van der Waals surface area contributed by atoms with Crippen LogP contribution in [0.5, 0.6) is 0 Å². The van der Waals surface area contributed by atoms with Crippen molar-refractivity contribution in [2.24, 2.45) is 5.92 Å². The Hall–Kier alpha value is -2.73. The number of rotatable bonds is 3. The molecule has 1 N–H and O–H groups in total. The molecule has 6 heteroatoms. The van der Waals surface area contributed by atoms with E-state index >= 15 is 0 Å². The average Bonchev–Trinajstić information content (AvgIpc) is 2.79. The van der Waals surface area contributed by atoms with Gasteiger partial charge in [0.25, 0.3) is 5.91 Å². The van der Waals surface area contributed by atoms with Gasteiger partial charge in [0, 0.05) is 38.3 Å². The van der Waals surface area contributed by atoms with Crippen LogP contribution in [0.15, 0.2) is 54.6 Å². The van der Waals surface area contributed by atoms with Crippen LogP contribution in [0.3, 0.4) is 0 Å². The van der Waals surface area contributed by atoms with Crippen LogP contribution >= 0.6 is 0 Å². The summed E-state index contributed by atoms with van der Waals surface area (Å²) in [4.78, 5) is 29.9. The van der Waals surface area contributed by atoms with Crippen molar-refractivity contribution in [3.8, 4) is 0 Å². The summed E-state index contributed by atoms with van der Waals surface area (Å²) in [6.45, 7) is 3.02. The van der Waals surface area contributed by atoms with Crippen molar-refractivity contribution >= 4 is 11.8 Å². The van der Waals surface area contributed by atoms with Gasteiger partial charge in [0.05, 0.1) is 12.0 Å². The summed E-state index contributed by atoms with van der Waals surface area (Å²) in [5.41, 5.74) is 1.46. The number of piperidine rings is 1. The zero-order valence-corrected chi connectivity index (χ0v) is 16.4. The first-order valence-electron chi connectivity index (χ1n) is 10.2. The Kier molecular flexibility index (Phi) is 5.90. The average molecular weight is 395 g/mol. The largest absolute Gasteiger partial charge is 0.338 e. The molecule has 5 nitrogen and oxygen atoms in total. The molecule has 2 aliphatic rings. The quantitative estimate of drug-likeness (QED) is 0.870. The zero-order chi connectivity index (χ0) is 20.2. The predicted molar refractivity (Wildman–Crippen MR) is 109 cm³/mol. The number of hydrogen-bond donors (Lipinski definition) is 1. The topological polar surface area (TPSA) is 52.7 Å². The Bertz CT molecular complexity index is 873. The number of benzene rings is 2. The molecule has 2 atom stereocenters. The van der Waals surface area contributed by atoms with Crippen LogP contribution in [0, 0.1) is 11.7 Å². The minimum Gasteiger partial charge on any atom is -0.338 e. The molecule has 2 amide bonds. The van der Waals surface area contributed by atoms with Crippen molar-refractivity contribution in [2.75, 3.05) is 32.7 Å². The van der Waals surface area contributed by atoms with E-state index in [1.165, 1.54) is 12.1 Å². The fourth-order valence-electron chi connectivity index (χ4n) is 4.34. The van der Waals surface area contributed by atoms with Crippen molar-refractivity contribution in [1.29, 1.82) is 0 Å². The zero-order valence-electron chi connectivity index (χ0n) is 16.4. The van der Waals surface area contributed by atoms with E-state index in [1.54, 1.807) is 11.0 Å². The SMILES string of the molecule is O=C(c1ccccc1)N1CCCC(C(=O)N2CCNCC2c2cccc(F)c2)C1. The number of halogens is 1. The third-order valence-corrected chi connectivity index (χ3v) is 5.84. The standard InChI is InChI=1S/C23H26FN3O2/c24-20-10-4-8-18(14-20)21-15-25-11-13-27(21)23(29)19-9-5-12-26(16-19)22(28)17-6-2-1-3-7-17/h1-4,6-8,10,14,19,21,25H,5,9,11-13,15-16H2.